The first kappa shape index (κ1) is 24.5. The van der Waals surface area contributed by atoms with Crippen LogP contribution >= 0.6 is 34.8 Å². The smallest absolute Gasteiger partial charge is 0.272 e. The zero-order chi connectivity index (χ0) is 24.0. The summed E-state index contributed by atoms with van der Waals surface area (Å²) >= 11 is 17.9. The van der Waals surface area contributed by atoms with Gasteiger partial charge in [0.25, 0.3) is 11.8 Å². The molecule has 3 aromatic carbocycles. The lowest BCUT2D eigenvalue weighted by Gasteiger charge is -2.13. The molecule has 0 heterocycles. The highest BCUT2D eigenvalue weighted by molar-refractivity contribution is 6.35. The molecule has 0 aliphatic heterocycles. The van der Waals surface area contributed by atoms with Gasteiger partial charge in [-0.2, -0.15) is 0 Å². The Kier molecular flexibility index (Phi) is 8.22. The zero-order valence-electron chi connectivity index (χ0n) is 17.6. The molecular weight excluding hydrogens is 487 g/mol. The average Bonchev–Trinajstić information content (AvgIpc) is 2.78. The molecule has 33 heavy (non-hydrogen) atoms. The average molecular weight is 506 g/mol. The number of benzene rings is 3. The molecule has 0 aromatic heterocycles. The monoisotopic (exact) mass is 504 g/mol. The molecule has 0 unspecified atom stereocenters. The lowest BCUT2D eigenvalue weighted by Crippen LogP contribution is -2.30. The molecule has 3 aromatic rings. The van der Waals surface area contributed by atoms with Gasteiger partial charge in [0.15, 0.2) is 11.5 Å². The number of carbonyl (C=O) groups is 2. The number of halogens is 3. The maximum Gasteiger partial charge on any atom is 0.272 e. The molecule has 0 bridgehead atoms. The normalized spacial score (nSPS) is 11.0. The van der Waals surface area contributed by atoms with Crippen LogP contribution in [-0.2, 0) is 4.79 Å². The Bertz CT molecular complexity index is 1190. The molecule has 0 aliphatic carbocycles. The van der Waals surface area contributed by atoms with Gasteiger partial charge in [-0.25, -0.2) is 0 Å². The van der Waals surface area contributed by atoms with Gasteiger partial charge in [0.1, 0.15) is 5.70 Å². The fourth-order valence-corrected chi connectivity index (χ4v) is 3.54. The zero-order valence-corrected chi connectivity index (χ0v) is 19.9. The van der Waals surface area contributed by atoms with Crippen molar-refractivity contribution in [1.29, 1.82) is 0 Å². The van der Waals surface area contributed by atoms with E-state index >= 15 is 0 Å². The highest BCUT2D eigenvalue weighted by atomic mass is 35.5. The van der Waals surface area contributed by atoms with Crippen molar-refractivity contribution in [2.45, 2.75) is 0 Å². The van der Waals surface area contributed by atoms with Gasteiger partial charge in [-0.15, -0.1) is 0 Å². The standard InChI is InChI=1S/C24H19Cl3N2O4/c1-32-21-8-3-14(10-22(21)33-2)9-20(29-23(30)15-4-6-16(25)7-5-15)24(31)28-19-12-17(26)11-18(27)13-19/h3-13H,1-2H3,(H,28,31)(H,29,30)/b20-9+. The predicted octanol–water partition coefficient (Wildman–Crippen LogP) is 6.07. The van der Waals surface area contributed by atoms with Crippen LogP contribution in [0.25, 0.3) is 6.08 Å². The van der Waals surface area contributed by atoms with Gasteiger partial charge >= 0.3 is 0 Å². The summed E-state index contributed by atoms with van der Waals surface area (Å²) in [5.74, 6) is -0.0702. The maximum absolute atomic E-state index is 13.1. The van der Waals surface area contributed by atoms with Gasteiger partial charge < -0.3 is 20.1 Å². The number of hydrogen-bond donors (Lipinski definition) is 2. The number of nitrogens with one attached hydrogen (secondary N) is 2. The second-order valence-electron chi connectivity index (χ2n) is 6.75. The third-order valence-electron chi connectivity index (χ3n) is 4.44. The van der Waals surface area contributed by atoms with Gasteiger partial charge in [0.2, 0.25) is 0 Å². The van der Waals surface area contributed by atoms with Crippen LogP contribution in [0.5, 0.6) is 11.5 Å². The molecular formula is C24H19Cl3N2O4. The van der Waals surface area contributed by atoms with E-state index in [1.165, 1.54) is 20.3 Å². The SMILES string of the molecule is COc1ccc(/C=C(/NC(=O)c2ccc(Cl)cc2)C(=O)Nc2cc(Cl)cc(Cl)c2)cc1OC. The van der Waals surface area contributed by atoms with E-state index in [0.717, 1.165) is 0 Å². The van der Waals surface area contributed by atoms with Gasteiger partial charge in [0.05, 0.1) is 14.2 Å². The third-order valence-corrected chi connectivity index (χ3v) is 5.13. The Morgan fingerprint density at radius 1 is 0.788 bits per heavy atom. The minimum Gasteiger partial charge on any atom is -0.493 e. The Labute approximate surface area is 206 Å². The number of rotatable bonds is 7. The summed E-state index contributed by atoms with van der Waals surface area (Å²) in [4.78, 5) is 25.9. The molecule has 0 atom stereocenters. The summed E-state index contributed by atoms with van der Waals surface area (Å²) in [5, 5.41) is 6.54. The number of methoxy groups -OCH3 is 2. The van der Waals surface area contributed by atoms with Crippen LogP contribution in [0.1, 0.15) is 15.9 Å². The lowest BCUT2D eigenvalue weighted by molar-refractivity contribution is -0.113. The molecule has 0 fully saturated rings. The third kappa shape index (κ3) is 6.65. The van der Waals surface area contributed by atoms with E-state index in [1.54, 1.807) is 60.7 Å². The fourth-order valence-electron chi connectivity index (χ4n) is 2.89. The van der Waals surface area contributed by atoms with E-state index in [2.05, 4.69) is 10.6 Å². The van der Waals surface area contributed by atoms with Gasteiger partial charge in [-0.05, 0) is 66.2 Å². The number of carbonyl (C=O) groups excluding carboxylic acids is 2. The van der Waals surface area contributed by atoms with Crippen LogP contribution in [0.15, 0.2) is 66.4 Å². The van der Waals surface area contributed by atoms with Crippen LogP contribution in [0.3, 0.4) is 0 Å². The predicted molar refractivity (Wildman–Crippen MR) is 132 cm³/mol. The van der Waals surface area contributed by atoms with Crippen molar-refractivity contribution in [1.82, 2.24) is 5.32 Å². The second kappa shape index (κ2) is 11.1. The highest BCUT2D eigenvalue weighted by Gasteiger charge is 2.16. The van der Waals surface area contributed by atoms with Crippen LogP contribution in [0.4, 0.5) is 5.69 Å². The maximum atomic E-state index is 13.1. The Hall–Kier alpha value is -3.19. The summed E-state index contributed by atoms with van der Waals surface area (Å²) in [6.45, 7) is 0. The van der Waals surface area contributed by atoms with Crippen molar-refractivity contribution < 1.29 is 19.1 Å². The number of hydrogen-bond acceptors (Lipinski definition) is 4. The van der Waals surface area contributed by atoms with Crippen LogP contribution in [0.2, 0.25) is 15.1 Å². The summed E-state index contributed by atoms with van der Waals surface area (Å²) in [6.07, 6.45) is 1.51. The van der Waals surface area contributed by atoms with Crippen LogP contribution in [0, 0.1) is 0 Å². The van der Waals surface area contributed by atoms with Crippen LogP contribution < -0.4 is 20.1 Å². The van der Waals surface area contributed by atoms with Crippen molar-refractivity contribution in [3.05, 3.63) is 92.6 Å². The molecule has 9 heteroatoms. The minimum atomic E-state index is -0.578. The molecule has 170 valence electrons. The highest BCUT2D eigenvalue weighted by Crippen LogP contribution is 2.28. The summed E-state index contributed by atoms with van der Waals surface area (Å²) in [5.41, 5.74) is 1.28. The number of amides is 2. The van der Waals surface area contributed by atoms with E-state index in [0.29, 0.717) is 43.4 Å². The summed E-state index contributed by atoms with van der Waals surface area (Å²) in [7, 11) is 3.03. The van der Waals surface area contributed by atoms with Crippen molar-refractivity contribution in [3.8, 4) is 11.5 Å². The quantitative estimate of drug-likeness (QED) is 0.382. The number of anilines is 1. The molecule has 3 rings (SSSR count). The van der Waals surface area contributed by atoms with E-state index in [4.69, 9.17) is 44.3 Å². The Balaban J connectivity index is 1.95. The van der Waals surface area contributed by atoms with Crippen LogP contribution in [-0.4, -0.2) is 26.0 Å². The first-order valence-electron chi connectivity index (χ1n) is 9.57. The minimum absolute atomic E-state index is 0.0155. The molecule has 0 aliphatic rings. The van der Waals surface area contributed by atoms with Gasteiger partial charge in [-0.1, -0.05) is 40.9 Å². The molecule has 0 saturated heterocycles. The first-order valence-corrected chi connectivity index (χ1v) is 10.7. The van der Waals surface area contributed by atoms with Crippen molar-refractivity contribution in [2.75, 3.05) is 19.5 Å². The van der Waals surface area contributed by atoms with E-state index in [9.17, 15) is 9.59 Å². The molecule has 2 N–H and O–H groups in total. The molecule has 0 saturated carbocycles. The topological polar surface area (TPSA) is 76.7 Å². The summed E-state index contributed by atoms with van der Waals surface area (Å²) in [6, 6.07) is 16.0. The molecule has 0 spiro atoms. The second-order valence-corrected chi connectivity index (χ2v) is 8.06. The van der Waals surface area contributed by atoms with Gasteiger partial charge in [-0.3, -0.25) is 9.59 Å². The molecule has 2 amide bonds. The van der Waals surface area contributed by atoms with Crippen molar-refractivity contribution in [2.24, 2.45) is 0 Å². The van der Waals surface area contributed by atoms with E-state index in [-0.39, 0.29) is 5.70 Å². The molecule has 6 nitrogen and oxygen atoms in total. The Morgan fingerprint density at radius 2 is 1.42 bits per heavy atom. The van der Waals surface area contributed by atoms with Crippen molar-refractivity contribution in [3.63, 3.8) is 0 Å². The van der Waals surface area contributed by atoms with Crippen molar-refractivity contribution >= 4 is 58.4 Å². The summed E-state index contributed by atoms with van der Waals surface area (Å²) < 4.78 is 10.6. The lowest BCUT2D eigenvalue weighted by atomic mass is 10.1. The largest absolute Gasteiger partial charge is 0.493 e. The molecule has 0 radical (unpaired) electrons. The number of ether oxygens (including phenoxy) is 2. The van der Waals surface area contributed by atoms with Gasteiger partial charge in [0, 0.05) is 26.3 Å². The van der Waals surface area contributed by atoms with E-state index in [1.807, 2.05) is 0 Å². The first-order chi connectivity index (χ1) is 15.8. The van der Waals surface area contributed by atoms with E-state index < -0.39 is 11.8 Å². The fraction of sp³-hybridized carbons (Fsp3) is 0.0833. The Morgan fingerprint density at radius 3 is 2.03 bits per heavy atom.